The molecule has 1 heterocycles. The first-order valence-corrected chi connectivity index (χ1v) is 14.8. The van der Waals surface area contributed by atoms with Crippen LogP contribution < -0.4 is 15.3 Å². The minimum absolute atomic E-state index is 0.150. The predicted octanol–water partition coefficient (Wildman–Crippen LogP) is 5.36. The number of aromatic nitrogens is 1. The maximum atomic E-state index is 12.2. The molecular formula is C31H36N2O4Si. The van der Waals surface area contributed by atoms with Gasteiger partial charge in [-0.1, -0.05) is 81.4 Å². The fourth-order valence-electron chi connectivity index (χ4n) is 4.88. The quantitative estimate of drug-likeness (QED) is 0.0909. The normalized spacial score (nSPS) is 11.9. The average molecular weight is 529 g/mol. The van der Waals surface area contributed by atoms with Crippen LogP contribution in [0.25, 0.3) is 10.9 Å². The van der Waals surface area contributed by atoms with Gasteiger partial charge in [-0.3, -0.25) is 9.56 Å². The van der Waals surface area contributed by atoms with E-state index in [2.05, 4.69) is 79.2 Å². The average Bonchev–Trinajstić information content (AvgIpc) is 2.94. The van der Waals surface area contributed by atoms with E-state index in [-0.39, 0.29) is 11.0 Å². The number of pyridine rings is 1. The van der Waals surface area contributed by atoms with Crippen LogP contribution in [0.1, 0.15) is 37.6 Å². The standard InChI is InChI=1S/C31H36N2O4Si/c1-31(2,3)38(25-13-8-6-9-14-25,26-15-10-7-11-16-26)37-36-22-12-21-33(4)24-17-18-29-28(23-24)27(19-20-32-29)30(34)35-5/h6-11,13-20,23H,12,21-22H2,1-5H3. The maximum Gasteiger partial charge on any atom is 0.338 e. The summed E-state index contributed by atoms with van der Waals surface area (Å²) in [5, 5.41) is 2.99. The Morgan fingerprint density at radius 3 is 2.13 bits per heavy atom. The SMILES string of the molecule is COC(=O)c1ccnc2ccc(N(C)CCCOO[Si](c3ccccc3)(c3ccccc3)C(C)(C)C)cc12. The van der Waals surface area contributed by atoms with E-state index < -0.39 is 8.32 Å². The summed E-state index contributed by atoms with van der Waals surface area (Å²) in [5.74, 6) is -0.369. The highest BCUT2D eigenvalue weighted by Gasteiger charge is 2.52. The van der Waals surface area contributed by atoms with Crippen molar-refractivity contribution in [1.82, 2.24) is 4.98 Å². The first kappa shape index (κ1) is 27.5. The van der Waals surface area contributed by atoms with Gasteiger partial charge in [0.05, 0.1) is 24.8 Å². The third-order valence-electron chi connectivity index (χ3n) is 6.89. The van der Waals surface area contributed by atoms with Crippen molar-refractivity contribution in [2.75, 3.05) is 32.2 Å². The van der Waals surface area contributed by atoms with Crippen molar-refractivity contribution in [2.24, 2.45) is 0 Å². The molecule has 0 aliphatic carbocycles. The second-order valence-electron chi connectivity index (χ2n) is 10.4. The molecule has 0 aliphatic rings. The summed E-state index contributed by atoms with van der Waals surface area (Å²) in [6, 6.07) is 28.5. The Balaban J connectivity index is 1.46. The number of hydrogen-bond acceptors (Lipinski definition) is 6. The van der Waals surface area contributed by atoms with Gasteiger partial charge in [0.2, 0.25) is 0 Å². The Bertz CT molecular complexity index is 1320. The molecule has 38 heavy (non-hydrogen) atoms. The van der Waals surface area contributed by atoms with Crippen LogP contribution in [0, 0.1) is 0 Å². The zero-order chi connectivity index (χ0) is 27.2. The molecule has 0 radical (unpaired) electrons. The lowest BCUT2D eigenvalue weighted by atomic mass is 10.1. The molecule has 0 spiro atoms. The van der Waals surface area contributed by atoms with Crippen molar-refractivity contribution in [1.29, 1.82) is 0 Å². The molecule has 0 fully saturated rings. The zero-order valence-electron chi connectivity index (χ0n) is 22.8. The summed E-state index contributed by atoms with van der Waals surface area (Å²) in [6.07, 6.45) is 2.39. The number of anilines is 1. The number of hydrogen-bond donors (Lipinski definition) is 0. The zero-order valence-corrected chi connectivity index (χ0v) is 23.8. The van der Waals surface area contributed by atoms with Gasteiger partial charge in [0.15, 0.2) is 0 Å². The minimum Gasteiger partial charge on any atom is -0.465 e. The summed E-state index contributed by atoms with van der Waals surface area (Å²) in [4.78, 5) is 24.8. The van der Waals surface area contributed by atoms with Crippen molar-refractivity contribution in [2.45, 2.75) is 32.2 Å². The van der Waals surface area contributed by atoms with E-state index in [4.69, 9.17) is 14.2 Å². The molecule has 0 N–H and O–H groups in total. The van der Waals surface area contributed by atoms with E-state index in [1.807, 2.05) is 37.4 Å². The molecule has 0 bridgehead atoms. The fourth-order valence-corrected chi connectivity index (χ4v) is 8.97. The first-order valence-electron chi connectivity index (χ1n) is 12.9. The van der Waals surface area contributed by atoms with Gasteiger partial charge in [-0.15, -0.1) is 0 Å². The molecule has 0 atom stereocenters. The summed E-state index contributed by atoms with van der Waals surface area (Å²) in [6.45, 7) is 7.90. The minimum atomic E-state index is -2.73. The Morgan fingerprint density at radius 2 is 1.55 bits per heavy atom. The Labute approximate surface area is 226 Å². The number of benzene rings is 3. The van der Waals surface area contributed by atoms with Crippen LogP contribution in [0.4, 0.5) is 5.69 Å². The van der Waals surface area contributed by atoms with Crippen LogP contribution in [0.3, 0.4) is 0 Å². The van der Waals surface area contributed by atoms with Crippen molar-refractivity contribution in [3.8, 4) is 0 Å². The lowest BCUT2D eigenvalue weighted by Gasteiger charge is -2.41. The molecule has 0 saturated heterocycles. The number of esters is 1. The third kappa shape index (κ3) is 5.65. The van der Waals surface area contributed by atoms with E-state index in [1.54, 1.807) is 12.3 Å². The lowest BCUT2D eigenvalue weighted by molar-refractivity contribution is -0.218. The molecule has 0 unspecified atom stereocenters. The Kier molecular flexibility index (Phi) is 8.61. The van der Waals surface area contributed by atoms with Gasteiger partial charge in [0.1, 0.15) is 0 Å². The van der Waals surface area contributed by atoms with E-state index in [9.17, 15) is 4.79 Å². The third-order valence-corrected chi connectivity index (χ3v) is 11.7. The van der Waals surface area contributed by atoms with E-state index in [1.165, 1.54) is 17.5 Å². The molecule has 0 saturated carbocycles. The fraction of sp³-hybridized carbons (Fsp3) is 0.290. The summed E-state index contributed by atoms with van der Waals surface area (Å²) in [5.41, 5.74) is 2.26. The topological polar surface area (TPSA) is 60.9 Å². The number of ether oxygens (including phenoxy) is 1. The van der Waals surface area contributed by atoms with E-state index >= 15 is 0 Å². The first-order chi connectivity index (χ1) is 18.3. The monoisotopic (exact) mass is 528 g/mol. The summed E-state index contributed by atoms with van der Waals surface area (Å²) >= 11 is 0. The van der Waals surface area contributed by atoms with Gasteiger partial charge in [-0.25, -0.2) is 9.68 Å². The number of methoxy groups -OCH3 is 1. The molecule has 1 aromatic heterocycles. The molecule has 3 aromatic carbocycles. The highest BCUT2D eigenvalue weighted by Crippen LogP contribution is 2.36. The molecule has 4 aromatic rings. The van der Waals surface area contributed by atoms with Crippen molar-refractivity contribution in [3.63, 3.8) is 0 Å². The van der Waals surface area contributed by atoms with Crippen LogP contribution in [-0.2, 0) is 14.2 Å². The maximum absolute atomic E-state index is 12.2. The molecule has 0 amide bonds. The van der Waals surface area contributed by atoms with Gasteiger partial charge in [0.25, 0.3) is 0 Å². The number of fused-ring (bicyclic) bond motifs is 1. The molecule has 7 heteroatoms. The van der Waals surface area contributed by atoms with Crippen LogP contribution in [0.2, 0.25) is 5.04 Å². The Morgan fingerprint density at radius 1 is 0.921 bits per heavy atom. The van der Waals surface area contributed by atoms with Gasteiger partial charge in [-0.2, -0.15) is 0 Å². The second-order valence-corrected chi connectivity index (χ2v) is 14.6. The molecule has 4 rings (SSSR count). The Hall–Kier alpha value is -3.52. The summed E-state index contributed by atoms with van der Waals surface area (Å²) in [7, 11) is 0.686. The van der Waals surface area contributed by atoms with Gasteiger partial charge >= 0.3 is 14.3 Å². The van der Waals surface area contributed by atoms with E-state index in [0.29, 0.717) is 12.2 Å². The van der Waals surface area contributed by atoms with Crippen molar-refractivity contribution >= 4 is 41.3 Å². The number of carbonyl (C=O) groups excluding carboxylic acids is 1. The number of carbonyl (C=O) groups is 1. The largest absolute Gasteiger partial charge is 0.465 e. The van der Waals surface area contributed by atoms with Crippen LogP contribution >= 0.6 is 0 Å². The van der Waals surface area contributed by atoms with Crippen LogP contribution in [0.5, 0.6) is 0 Å². The van der Waals surface area contributed by atoms with Crippen molar-refractivity contribution in [3.05, 3.63) is 96.7 Å². The smallest absolute Gasteiger partial charge is 0.338 e. The van der Waals surface area contributed by atoms with Gasteiger partial charge < -0.3 is 9.64 Å². The van der Waals surface area contributed by atoms with Gasteiger partial charge in [-0.05, 0) is 46.1 Å². The molecule has 0 aliphatic heterocycles. The highest BCUT2D eigenvalue weighted by atomic mass is 28.4. The molecular weight excluding hydrogens is 492 g/mol. The van der Waals surface area contributed by atoms with Crippen LogP contribution in [0.15, 0.2) is 91.1 Å². The second kappa shape index (κ2) is 11.9. The highest BCUT2D eigenvalue weighted by molar-refractivity contribution is 6.99. The van der Waals surface area contributed by atoms with E-state index in [0.717, 1.165) is 29.6 Å². The van der Waals surface area contributed by atoms with Crippen LogP contribution in [-0.4, -0.2) is 46.6 Å². The molecule has 6 nitrogen and oxygen atoms in total. The van der Waals surface area contributed by atoms with Crippen molar-refractivity contribution < 1.29 is 19.0 Å². The lowest BCUT2D eigenvalue weighted by Crippen LogP contribution is -2.66. The number of rotatable bonds is 10. The predicted molar refractivity (Wildman–Crippen MR) is 156 cm³/mol. The van der Waals surface area contributed by atoms with Gasteiger partial charge in [0, 0.05) is 30.9 Å². The molecule has 198 valence electrons. The summed E-state index contributed by atoms with van der Waals surface area (Å²) < 4.78 is 11.5. The number of nitrogens with zero attached hydrogens (tertiary/aromatic N) is 2.